The average molecular weight is 195 g/mol. The highest BCUT2D eigenvalue weighted by atomic mass is 16.5. The number of aromatic nitrogens is 1. The molecule has 2 heterocycles. The minimum atomic E-state index is 0.414. The number of nitrogens with one attached hydrogen (secondary N) is 1. The van der Waals surface area contributed by atoms with Gasteiger partial charge >= 0.3 is 0 Å². The standard InChI is InChI=1S/C10H17N3O/c11-10-7-9(13-14-10)5-4-8-3-1-2-6-12-8/h7-8,12H,1-6,11H2. The highest BCUT2D eigenvalue weighted by Crippen LogP contribution is 2.13. The van der Waals surface area contributed by atoms with Crippen LogP contribution in [0.15, 0.2) is 10.6 Å². The zero-order valence-electron chi connectivity index (χ0n) is 8.33. The number of nitrogen functional groups attached to an aromatic ring is 1. The van der Waals surface area contributed by atoms with Gasteiger partial charge in [-0.05, 0) is 32.2 Å². The van der Waals surface area contributed by atoms with Crippen LogP contribution in [0.1, 0.15) is 31.4 Å². The summed E-state index contributed by atoms with van der Waals surface area (Å²) in [6.45, 7) is 1.16. The number of hydrogen-bond donors (Lipinski definition) is 2. The molecule has 3 N–H and O–H groups in total. The van der Waals surface area contributed by atoms with E-state index in [1.807, 2.05) is 6.07 Å². The normalized spacial score (nSPS) is 22.4. The molecule has 1 aromatic heterocycles. The molecular weight excluding hydrogens is 178 g/mol. The molecule has 0 aliphatic carbocycles. The van der Waals surface area contributed by atoms with E-state index in [1.54, 1.807) is 0 Å². The van der Waals surface area contributed by atoms with Gasteiger partial charge in [0.15, 0.2) is 0 Å². The second kappa shape index (κ2) is 4.46. The van der Waals surface area contributed by atoms with Crippen LogP contribution < -0.4 is 11.1 Å². The summed E-state index contributed by atoms with van der Waals surface area (Å²) in [6, 6.07) is 2.46. The third kappa shape index (κ3) is 2.48. The molecule has 1 aliphatic rings. The first-order chi connectivity index (χ1) is 6.84. The van der Waals surface area contributed by atoms with E-state index in [4.69, 9.17) is 10.3 Å². The van der Waals surface area contributed by atoms with Gasteiger partial charge in [-0.1, -0.05) is 11.6 Å². The van der Waals surface area contributed by atoms with E-state index in [1.165, 1.54) is 19.3 Å². The molecule has 14 heavy (non-hydrogen) atoms. The minimum absolute atomic E-state index is 0.414. The second-order valence-corrected chi connectivity index (χ2v) is 3.91. The lowest BCUT2D eigenvalue weighted by Crippen LogP contribution is -2.34. The van der Waals surface area contributed by atoms with Crippen molar-refractivity contribution in [1.29, 1.82) is 0 Å². The van der Waals surface area contributed by atoms with Crippen molar-refractivity contribution < 1.29 is 4.52 Å². The molecule has 0 aromatic carbocycles. The second-order valence-electron chi connectivity index (χ2n) is 3.91. The number of hydrogen-bond acceptors (Lipinski definition) is 4. The summed E-state index contributed by atoms with van der Waals surface area (Å²) in [5.74, 6) is 0.414. The van der Waals surface area contributed by atoms with Crippen LogP contribution in [0.4, 0.5) is 5.88 Å². The Labute approximate surface area is 83.8 Å². The van der Waals surface area contributed by atoms with Crippen molar-refractivity contribution in [3.8, 4) is 0 Å². The van der Waals surface area contributed by atoms with Crippen LogP contribution in [0.25, 0.3) is 0 Å². The molecule has 1 fully saturated rings. The molecule has 1 aromatic rings. The van der Waals surface area contributed by atoms with E-state index >= 15 is 0 Å². The zero-order chi connectivity index (χ0) is 9.80. The Kier molecular flexibility index (Phi) is 3.03. The number of piperidine rings is 1. The Morgan fingerprint density at radius 3 is 3.14 bits per heavy atom. The Balaban J connectivity index is 1.76. The molecule has 4 heteroatoms. The Morgan fingerprint density at radius 1 is 1.57 bits per heavy atom. The molecule has 78 valence electrons. The van der Waals surface area contributed by atoms with Gasteiger partial charge in [-0.15, -0.1) is 0 Å². The Bertz CT molecular complexity index is 279. The third-order valence-corrected chi connectivity index (χ3v) is 2.74. The largest absolute Gasteiger partial charge is 0.368 e. The van der Waals surface area contributed by atoms with E-state index in [0.29, 0.717) is 11.9 Å². The summed E-state index contributed by atoms with van der Waals surface area (Å²) >= 11 is 0. The molecule has 1 unspecified atom stereocenters. The van der Waals surface area contributed by atoms with Crippen molar-refractivity contribution >= 4 is 5.88 Å². The monoisotopic (exact) mass is 195 g/mol. The Morgan fingerprint density at radius 2 is 2.50 bits per heavy atom. The first-order valence-corrected chi connectivity index (χ1v) is 5.29. The lowest BCUT2D eigenvalue weighted by atomic mass is 10.00. The SMILES string of the molecule is Nc1cc(CCC2CCCCN2)no1. The van der Waals surface area contributed by atoms with Gasteiger partial charge < -0.3 is 15.6 Å². The average Bonchev–Trinajstić information content (AvgIpc) is 2.63. The van der Waals surface area contributed by atoms with Crippen LogP contribution in [-0.2, 0) is 6.42 Å². The molecule has 1 aliphatic heterocycles. The van der Waals surface area contributed by atoms with Crippen molar-refractivity contribution in [3.05, 3.63) is 11.8 Å². The number of nitrogens with zero attached hydrogens (tertiary/aromatic N) is 1. The summed E-state index contributed by atoms with van der Waals surface area (Å²) in [5, 5.41) is 7.38. The van der Waals surface area contributed by atoms with Crippen LogP contribution in [0, 0.1) is 0 Å². The molecule has 0 saturated carbocycles. The summed E-state index contributed by atoms with van der Waals surface area (Å²) in [5.41, 5.74) is 6.41. The number of aryl methyl sites for hydroxylation is 1. The molecule has 1 saturated heterocycles. The maximum absolute atomic E-state index is 5.44. The summed E-state index contributed by atoms with van der Waals surface area (Å²) in [6.07, 6.45) is 6.03. The van der Waals surface area contributed by atoms with Crippen molar-refractivity contribution in [2.45, 2.75) is 38.1 Å². The van der Waals surface area contributed by atoms with Crippen LogP contribution in [0.5, 0.6) is 0 Å². The van der Waals surface area contributed by atoms with E-state index in [-0.39, 0.29) is 0 Å². The fourth-order valence-corrected chi connectivity index (χ4v) is 1.94. The van der Waals surface area contributed by atoms with Crippen molar-refractivity contribution in [1.82, 2.24) is 10.5 Å². The summed E-state index contributed by atoms with van der Waals surface area (Å²) in [4.78, 5) is 0. The third-order valence-electron chi connectivity index (χ3n) is 2.74. The van der Waals surface area contributed by atoms with E-state index in [2.05, 4.69) is 10.5 Å². The van der Waals surface area contributed by atoms with Gasteiger partial charge in [-0.2, -0.15) is 0 Å². The number of nitrogens with two attached hydrogens (primary N) is 1. The van der Waals surface area contributed by atoms with Gasteiger partial charge in [0, 0.05) is 12.1 Å². The van der Waals surface area contributed by atoms with Gasteiger partial charge in [0.2, 0.25) is 5.88 Å². The van der Waals surface area contributed by atoms with Crippen molar-refractivity contribution in [3.63, 3.8) is 0 Å². The van der Waals surface area contributed by atoms with Crippen LogP contribution >= 0.6 is 0 Å². The molecule has 0 radical (unpaired) electrons. The maximum atomic E-state index is 5.44. The topological polar surface area (TPSA) is 64.1 Å². The number of anilines is 1. The lowest BCUT2D eigenvalue weighted by molar-refractivity contribution is 0.376. The van der Waals surface area contributed by atoms with Gasteiger partial charge in [0.1, 0.15) is 0 Å². The van der Waals surface area contributed by atoms with Gasteiger partial charge in [-0.3, -0.25) is 0 Å². The molecule has 0 amide bonds. The summed E-state index contributed by atoms with van der Waals surface area (Å²) in [7, 11) is 0. The highest BCUT2D eigenvalue weighted by Gasteiger charge is 2.12. The molecule has 0 bridgehead atoms. The smallest absolute Gasteiger partial charge is 0.222 e. The predicted octanol–water partition coefficient (Wildman–Crippen LogP) is 1.33. The number of rotatable bonds is 3. The van der Waals surface area contributed by atoms with Gasteiger partial charge in [0.05, 0.1) is 5.69 Å². The van der Waals surface area contributed by atoms with Crippen LogP contribution in [0.2, 0.25) is 0 Å². The lowest BCUT2D eigenvalue weighted by Gasteiger charge is -2.22. The Hall–Kier alpha value is -1.03. The highest BCUT2D eigenvalue weighted by molar-refractivity contribution is 5.24. The molecule has 0 spiro atoms. The molecule has 4 nitrogen and oxygen atoms in total. The van der Waals surface area contributed by atoms with Gasteiger partial charge in [0.25, 0.3) is 0 Å². The molecule has 1 atom stereocenters. The van der Waals surface area contributed by atoms with Crippen LogP contribution in [-0.4, -0.2) is 17.7 Å². The van der Waals surface area contributed by atoms with Crippen molar-refractivity contribution in [2.75, 3.05) is 12.3 Å². The minimum Gasteiger partial charge on any atom is -0.368 e. The first-order valence-electron chi connectivity index (χ1n) is 5.29. The molecular formula is C10H17N3O. The van der Waals surface area contributed by atoms with E-state index in [0.717, 1.165) is 25.1 Å². The van der Waals surface area contributed by atoms with Crippen molar-refractivity contribution in [2.24, 2.45) is 0 Å². The fourth-order valence-electron chi connectivity index (χ4n) is 1.94. The van der Waals surface area contributed by atoms with Crippen LogP contribution in [0.3, 0.4) is 0 Å². The fraction of sp³-hybridized carbons (Fsp3) is 0.700. The predicted molar refractivity (Wildman–Crippen MR) is 54.9 cm³/mol. The molecule has 2 rings (SSSR count). The van der Waals surface area contributed by atoms with E-state index < -0.39 is 0 Å². The van der Waals surface area contributed by atoms with Gasteiger partial charge in [-0.25, -0.2) is 0 Å². The first kappa shape index (κ1) is 9.52. The van der Waals surface area contributed by atoms with E-state index in [9.17, 15) is 0 Å². The quantitative estimate of drug-likeness (QED) is 0.763. The maximum Gasteiger partial charge on any atom is 0.222 e. The summed E-state index contributed by atoms with van der Waals surface area (Å²) < 4.78 is 4.81. The zero-order valence-corrected chi connectivity index (χ0v) is 8.33.